The average Bonchev–Trinajstić information content (AvgIpc) is 3.03. The summed E-state index contributed by atoms with van der Waals surface area (Å²) in [7, 11) is 1.65. The molecule has 7 nitrogen and oxygen atoms in total. The Morgan fingerprint density at radius 1 is 1.00 bits per heavy atom. The fourth-order valence-electron chi connectivity index (χ4n) is 3.75. The van der Waals surface area contributed by atoms with E-state index in [4.69, 9.17) is 4.74 Å². The van der Waals surface area contributed by atoms with Gasteiger partial charge in [-0.05, 0) is 56.2 Å². The molecule has 2 aromatic heterocycles. The van der Waals surface area contributed by atoms with E-state index in [1.165, 1.54) is 24.6 Å². The van der Waals surface area contributed by atoms with Gasteiger partial charge in [0, 0.05) is 36.7 Å². The summed E-state index contributed by atoms with van der Waals surface area (Å²) in [6.07, 6.45) is 8.04. The van der Waals surface area contributed by atoms with Crippen LogP contribution < -0.4 is 4.74 Å². The molecule has 1 amide bonds. The van der Waals surface area contributed by atoms with Crippen LogP contribution in [-0.4, -0.2) is 56.0 Å². The molecule has 4 rings (SSSR count). The molecule has 1 unspecified atom stereocenters. The highest BCUT2D eigenvalue weighted by molar-refractivity contribution is 8.00. The fraction of sp³-hybridized carbons (Fsp3) is 0.391. The molecule has 3 aromatic rings. The van der Waals surface area contributed by atoms with E-state index in [2.05, 4.69) is 15.2 Å². The van der Waals surface area contributed by atoms with Crippen LogP contribution in [-0.2, 0) is 4.79 Å². The van der Waals surface area contributed by atoms with E-state index in [-0.39, 0.29) is 11.2 Å². The van der Waals surface area contributed by atoms with Gasteiger partial charge in [0.2, 0.25) is 5.91 Å². The molecule has 0 radical (unpaired) electrons. The molecule has 0 aliphatic carbocycles. The van der Waals surface area contributed by atoms with Gasteiger partial charge in [0.25, 0.3) is 0 Å². The predicted molar refractivity (Wildman–Crippen MR) is 122 cm³/mol. The molecule has 1 aliphatic heterocycles. The minimum Gasteiger partial charge on any atom is -0.497 e. The molecular weight excluding hydrogens is 410 g/mol. The number of pyridine rings is 1. The minimum atomic E-state index is -0.246. The van der Waals surface area contributed by atoms with Gasteiger partial charge in [-0.15, -0.1) is 10.2 Å². The molecule has 1 aromatic carbocycles. The van der Waals surface area contributed by atoms with Crippen LogP contribution in [0.1, 0.15) is 32.6 Å². The summed E-state index contributed by atoms with van der Waals surface area (Å²) in [4.78, 5) is 19.2. The zero-order valence-electron chi connectivity index (χ0n) is 17.9. The van der Waals surface area contributed by atoms with Gasteiger partial charge in [0.15, 0.2) is 11.0 Å². The lowest BCUT2D eigenvalue weighted by atomic mass is 10.2. The second-order valence-corrected chi connectivity index (χ2v) is 8.88. The third-order valence-electron chi connectivity index (χ3n) is 5.45. The summed E-state index contributed by atoms with van der Waals surface area (Å²) in [5.74, 6) is 1.66. The van der Waals surface area contributed by atoms with E-state index in [1.807, 2.05) is 52.8 Å². The van der Waals surface area contributed by atoms with Crippen LogP contribution in [0.4, 0.5) is 0 Å². The maximum Gasteiger partial charge on any atom is 0.235 e. The molecule has 1 fully saturated rings. The number of ether oxygens (including phenoxy) is 1. The molecule has 1 aliphatic rings. The molecular formula is C23H27N5O2S. The summed E-state index contributed by atoms with van der Waals surface area (Å²) in [6, 6.07) is 11.6. The number of amides is 1. The van der Waals surface area contributed by atoms with Crippen molar-refractivity contribution in [2.24, 2.45) is 0 Å². The van der Waals surface area contributed by atoms with Crippen molar-refractivity contribution in [2.45, 2.75) is 43.0 Å². The summed E-state index contributed by atoms with van der Waals surface area (Å²) in [5, 5.41) is 9.35. The van der Waals surface area contributed by atoms with Gasteiger partial charge in [-0.3, -0.25) is 14.3 Å². The van der Waals surface area contributed by atoms with Crippen molar-refractivity contribution in [1.82, 2.24) is 24.6 Å². The fourth-order valence-corrected chi connectivity index (χ4v) is 4.71. The van der Waals surface area contributed by atoms with Crippen molar-refractivity contribution in [3.63, 3.8) is 0 Å². The third-order valence-corrected chi connectivity index (χ3v) is 6.48. The Balaban J connectivity index is 1.65. The molecule has 0 bridgehead atoms. The highest BCUT2D eigenvalue weighted by Gasteiger charge is 2.25. The molecule has 31 heavy (non-hydrogen) atoms. The lowest BCUT2D eigenvalue weighted by Crippen LogP contribution is -2.37. The molecule has 3 heterocycles. The Kier molecular flexibility index (Phi) is 6.86. The topological polar surface area (TPSA) is 73.1 Å². The number of benzene rings is 1. The molecule has 162 valence electrons. The van der Waals surface area contributed by atoms with E-state index in [0.29, 0.717) is 11.0 Å². The van der Waals surface area contributed by atoms with Gasteiger partial charge in [-0.2, -0.15) is 0 Å². The van der Waals surface area contributed by atoms with Gasteiger partial charge >= 0.3 is 0 Å². The first-order chi connectivity index (χ1) is 15.2. The summed E-state index contributed by atoms with van der Waals surface area (Å²) in [6.45, 7) is 3.64. The van der Waals surface area contributed by atoms with Crippen LogP contribution in [0, 0.1) is 0 Å². The number of rotatable bonds is 6. The Hall–Kier alpha value is -2.87. The third kappa shape index (κ3) is 4.90. The Bertz CT molecular complexity index is 999. The van der Waals surface area contributed by atoms with E-state index in [1.54, 1.807) is 19.5 Å². The minimum absolute atomic E-state index is 0.168. The highest BCUT2D eigenvalue weighted by atomic mass is 32.2. The van der Waals surface area contributed by atoms with Crippen LogP contribution in [0.15, 0.2) is 53.9 Å². The second kappa shape index (κ2) is 9.96. The second-order valence-electron chi connectivity index (χ2n) is 7.58. The van der Waals surface area contributed by atoms with E-state index in [0.717, 1.165) is 42.9 Å². The maximum atomic E-state index is 13.1. The number of nitrogens with zero attached hydrogens (tertiary/aromatic N) is 5. The van der Waals surface area contributed by atoms with Crippen LogP contribution in [0.2, 0.25) is 0 Å². The first kappa shape index (κ1) is 21.4. The van der Waals surface area contributed by atoms with Crippen LogP contribution in [0.3, 0.4) is 0 Å². The average molecular weight is 438 g/mol. The lowest BCUT2D eigenvalue weighted by molar-refractivity contribution is -0.130. The number of aromatic nitrogens is 4. The zero-order valence-corrected chi connectivity index (χ0v) is 18.7. The maximum absolute atomic E-state index is 13.1. The zero-order chi connectivity index (χ0) is 21.6. The number of carbonyl (C=O) groups excluding carboxylic acids is 1. The van der Waals surface area contributed by atoms with Crippen molar-refractivity contribution in [3.05, 3.63) is 48.8 Å². The summed E-state index contributed by atoms with van der Waals surface area (Å²) < 4.78 is 7.29. The van der Waals surface area contributed by atoms with Crippen molar-refractivity contribution in [1.29, 1.82) is 0 Å². The van der Waals surface area contributed by atoms with Crippen molar-refractivity contribution >= 4 is 17.7 Å². The van der Waals surface area contributed by atoms with E-state index < -0.39 is 0 Å². The number of hydrogen-bond acceptors (Lipinski definition) is 6. The van der Waals surface area contributed by atoms with Gasteiger partial charge in [0.1, 0.15) is 5.75 Å². The Morgan fingerprint density at radius 2 is 1.68 bits per heavy atom. The molecule has 0 saturated carbocycles. The smallest absolute Gasteiger partial charge is 0.235 e. The highest BCUT2D eigenvalue weighted by Crippen LogP contribution is 2.31. The SMILES string of the molecule is COc1ccc(-n2c(SC(C)C(=O)N3CCCCCC3)nnc2-c2ccncc2)cc1. The normalized spacial score (nSPS) is 15.4. The Labute approximate surface area is 186 Å². The Morgan fingerprint density at radius 3 is 2.32 bits per heavy atom. The summed E-state index contributed by atoms with van der Waals surface area (Å²) in [5.41, 5.74) is 1.83. The van der Waals surface area contributed by atoms with Crippen molar-refractivity contribution in [3.8, 4) is 22.8 Å². The van der Waals surface area contributed by atoms with Crippen molar-refractivity contribution < 1.29 is 9.53 Å². The monoisotopic (exact) mass is 437 g/mol. The number of likely N-dealkylation sites (tertiary alicyclic amines) is 1. The van der Waals surface area contributed by atoms with Crippen LogP contribution in [0.25, 0.3) is 17.1 Å². The van der Waals surface area contributed by atoms with Gasteiger partial charge in [0.05, 0.1) is 12.4 Å². The van der Waals surface area contributed by atoms with Gasteiger partial charge < -0.3 is 9.64 Å². The summed E-state index contributed by atoms with van der Waals surface area (Å²) >= 11 is 1.45. The quantitative estimate of drug-likeness (QED) is 0.538. The van der Waals surface area contributed by atoms with E-state index >= 15 is 0 Å². The number of carbonyl (C=O) groups is 1. The first-order valence-corrected chi connectivity index (χ1v) is 11.5. The molecule has 1 atom stereocenters. The largest absolute Gasteiger partial charge is 0.497 e. The predicted octanol–water partition coefficient (Wildman–Crippen LogP) is 4.22. The van der Waals surface area contributed by atoms with E-state index in [9.17, 15) is 4.79 Å². The van der Waals surface area contributed by atoms with Crippen molar-refractivity contribution in [2.75, 3.05) is 20.2 Å². The molecule has 1 saturated heterocycles. The number of thioether (sulfide) groups is 1. The van der Waals surface area contributed by atoms with Crippen LogP contribution >= 0.6 is 11.8 Å². The molecule has 8 heteroatoms. The standard InChI is InChI=1S/C23H27N5O2S/c1-17(22(29)27-15-5-3-4-6-16-27)31-23-26-25-21(18-11-13-24-14-12-18)28(23)19-7-9-20(30-2)10-8-19/h7-14,17H,3-6,15-16H2,1-2H3. The lowest BCUT2D eigenvalue weighted by Gasteiger charge is -2.23. The first-order valence-electron chi connectivity index (χ1n) is 10.6. The van der Waals surface area contributed by atoms with Crippen LogP contribution in [0.5, 0.6) is 5.75 Å². The van der Waals surface area contributed by atoms with Gasteiger partial charge in [-0.1, -0.05) is 24.6 Å². The number of methoxy groups -OCH3 is 1. The molecule has 0 spiro atoms. The number of hydrogen-bond donors (Lipinski definition) is 0. The van der Waals surface area contributed by atoms with Gasteiger partial charge in [-0.25, -0.2) is 0 Å². The molecule has 0 N–H and O–H groups in total.